The van der Waals surface area contributed by atoms with E-state index in [0.29, 0.717) is 13.2 Å². The first kappa shape index (κ1) is 15.2. The lowest BCUT2D eigenvalue weighted by Gasteiger charge is -2.26. The molecule has 1 saturated heterocycles. The second kappa shape index (κ2) is 10.1. The Bertz CT molecular complexity index is 218. The molecular formula is C13H26N2O3. The van der Waals surface area contributed by atoms with Crippen LogP contribution >= 0.6 is 0 Å². The van der Waals surface area contributed by atoms with Gasteiger partial charge in [0.15, 0.2) is 0 Å². The summed E-state index contributed by atoms with van der Waals surface area (Å²) >= 11 is 0. The molecule has 0 saturated carbocycles. The van der Waals surface area contributed by atoms with Gasteiger partial charge in [0.05, 0.1) is 19.8 Å². The largest absolute Gasteiger partial charge is 0.450 e. The number of alkyl carbamates (subject to hydrolysis) is 1. The molecule has 1 rings (SSSR count). The highest BCUT2D eigenvalue weighted by Crippen LogP contribution is 1.99. The molecule has 18 heavy (non-hydrogen) atoms. The molecule has 5 heteroatoms. The van der Waals surface area contributed by atoms with E-state index in [1.807, 2.05) is 0 Å². The van der Waals surface area contributed by atoms with Gasteiger partial charge >= 0.3 is 6.09 Å². The molecule has 5 nitrogen and oxygen atoms in total. The first-order valence-corrected chi connectivity index (χ1v) is 7.03. The zero-order valence-electron chi connectivity index (χ0n) is 11.5. The number of amides is 1. The lowest BCUT2D eigenvalue weighted by Crippen LogP contribution is -2.41. The molecule has 0 aromatic rings. The van der Waals surface area contributed by atoms with Crippen LogP contribution in [-0.2, 0) is 9.47 Å². The van der Waals surface area contributed by atoms with Crippen molar-refractivity contribution in [1.82, 2.24) is 10.2 Å². The third kappa shape index (κ3) is 7.50. The van der Waals surface area contributed by atoms with Crippen LogP contribution in [0.3, 0.4) is 0 Å². The Morgan fingerprint density at radius 1 is 1.28 bits per heavy atom. The molecule has 0 atom stereocenters. The standard InChI is InChI=1S/C13H26N2O3/c1-2-3-4-5-10-18-13(16)14-6-7-15-8-11-17-12-9-15/h2-12H2,1H3,(H,14,16). The van der Waals surface area contributed by atoms with Gasteiger partial charge in [-0.3, -0.25) is 4.90 Å². The van der Waals surface area contributed by atoms with Crippen LogP contribution in [0.5, 0.6) is 0 Å². The summed E-state index contributed by atoms with van der Waals surface area (Å²) in [6.07, 6.45) is 4.22. The van der Waals surface area contributed by atoms with Crippen LogP contribution in [0.4, 0.5) is 4.79 Å². The minimum atomic E-state index is -0.292. The number of nitrogens with zero attached hydrogens (tertiary/aromatic N) is 1. The van der Waals surface area contributed by atoms with E-state index < -0.39 is 0 Å². The van der Waals surface area contributed by atoms with Crippen molar-refractivity contribution in [1.29, 1.82) is 0 Å². The Morgan fingerprint density at radius 3 is 2.78 bits per heavy atom. The van der Waals surface area contributed by atoms with Gasteiger partial charge in [-0.1, -0.05) is 26.2 Å². The lowest BCUT2D eigenvalue weighted by atomic mass is 10.2. The van der Waals surface area contributed by atoms with Crippen molar-refractivity contribution in [2.75, 3.05) is 46.0 Å². The van der Waals surface area contributed by atoms with Crippen molar-refractivity contribution in [3.05, 3.63) is 0 Å². The van der Waals surface area contributed by atoms with E-state index in [1.165, 1.54) is 12.8 Å². The number of hydrogen-bond donors (Lipinski definition) is 1. The van der Waals surface area contributed by atoms with Gasteiger partial charge in [-0.25, -0.2) is 4.79 Å². The van der Waals surface area contributed by atoms with Crippen molar-refractivity contribution in [3.8, 4) is 0 Å². The molecule has 0 aromatic carbocycles. The Hall–Kier alpha value is -0.810. The summed E-state index contributed by atoms with van der Waals surface area (Å²) in [6, 6.07) is 0. The van der Waals surface area contributed by atoms with Crippen molar-refractivity contribution >= 4 is 6.09 Å². The number of nitrogens with one attached hydrogen (secondary N) is 1. The molecule has 106 valence electrons. The SMILES string of the molecule is CCCCCCOC(=O)NCCN1CCOCC1. The third-order valence-electron chi connectivity index (χ3n) is 3.03. The van der Waals surface area contributed by atoms with Crippen LogP contribution in [0.2, 0.25) is 0 Å². The van der Waals surface area contributed by atoms with Gasteiger partial charge in [0.1, 0.15) is 0 Å². The van der Waals surface area contributed by atoms with Gasteiger partial charge in [0.25, 0.3) is 0 Å². The number of carbonyl (C=O) groups excluding carboxylic acids is 1. The van der Waals surface area contributed by atoms with E-state index in [4.69, 9.17) is 9.47 Å². The van der Waals surface area contributed by atoms with Gasteiger partial charge in [0, 0.05) is 26.2 Å². The fraction of sp³-hybridized carbons (Fsp3) is 0.923. The van der Waals surface area contributed by atoms with Gasteiger partial charge in [-0.05, 0) is 6.42 Å². The average Bonchev–Trinajstić information content (AvgIpc) is 2.40. The smallest absolute Gasteiger partial charge is 0.407 e. The van der Waals surface area contributed by atoms with Crippen LogP contribution in [0.15, 0.2) is 0 Å². The van der Waals surface area contributed by atoms with E-state index in [0.717, 1.165) is 45.7 Å². The Balaban J connectivity index is 1.89. The number of ether oxygens (including phenoxy) is 2. The van der Waals surface area contributed by atoms with Crippen molar-refractivity contribution in [3.63, 3.8) is 0 Å². The zero-order valence-corrected chi connectivity index (χ0v) is 11.5. The second-order valence-electron chi connectivity index (χ2n) is 4.58. The van der Waals surface area contributed by atoms with E-state index in [2.05, 4.69) is 17.1 Å². The van der Waals surface area contributed by atoms with E-state index in [9.17, 15) is 4.79 Å². The fourth-order valence-corrected chi connectivity index (χ4v) is 1.89. The summed E-state index contributed by atoms with van der Waals surface area (Å²) in [5.74, 6) is 0. The predicted molar refractivity (Wildman–Crippen MR) is 70.8 cm³/mol. The highest BCUT2D eigenvalue weighted by molar-refractivity contribution is 5.67. The second-order valence-corrected chi connectivity index (χ2v) is 4.58. The normalized spacial score (nSPS) is 16.5. The molecule has 0 spiro atoms. The zero-order chi connectivity index (χ0) is 13.1. The van der Waals surface area contributed by atoms with E-state index >= 15 is 0 Å². The first-order chi connectivity index (χ1) is 8.83. The van der Waals surface area contributed by atoms with Crippen molar-refractivity contribution in [2.45, 2.75) is 32.6 Å². The first-order valence-electron chi connectivity index (χ1n) is 7.03. The topological polar surface area (TPSA) is 50.8 Å². The van der Waals surface area contributed by atoms with Crippen LogP contribution in [0.25, 0.3) is 0 Å². The predicted octanol–water partition coefficient (Wildman–Crippen LogP) is 1.63. The minimum absolute atomic E-state index is 0.292. The Kier molecular flexibility index (Phi) is 8.59. The molecule has 1 N–H and O–H groups in total. The van der Waals surface area contributed by atoms with Crippen LogP contribution in [0, 0.1) is 0 Å². The summed E-state index contributed by atoms with van der Waals surface area (Å²) in [7, 11) is 0. The maximum absolute atomic E-state index is 11.3. The van der Waals surface area contributed by atoms with Gasteiger partial charge in [0.2, 0.25) is 0 Å². The van der Waals surface area contributed by atoms with Crippen LogP contribution < -0.4 is 5.32 Å². The molecule has 1 fully saturated rings. The lowest BCUT2D eigenvalue weighted by molar-refractivity contribution is 0.0383. The van der Waals surface area contributed by atoms with Crippen LogP contribution in [-0.4, -0.2) is 57.0 Å². The number of morpholine rings is 1. The molecule has 1 heterocycles. The van der Waals surface area contributed by atoms with E-state index in [-0.39, 0.29) is 6.09 Å². The Labute approximate surface area is 110 Å². The molecule has 1 aliphatic heterocycles. The summed E-state index contributed by atoms with van der Waals surface area (Å²) in [6.45, 7) is 7.70. The summed E-state index contributed by atoms with van der Waals surface area (Å²) in [4.78, 5) is 13.6. The highest BCUT2D eigenvalue weighted by atomic mass is 16.5. The number of rotatable bonds is 8. The summed E-state index contributed by atoms with van der Waals surface area (Å²) < 4.78 is 10.3. The fourth-order valence-electron chi connectivity index (χ4n) is 1.89. The van der Waals surface area contributed by atoms with Crippen molar-refractivity contribution < 1.29 is 14.3 Å². The number of unbranched alkanes of at least 4 members (excludes halogenated alkanes) is 3. The molecule has 0 aromatic heterocycles. The molecule has 1 aliphatic rings. The monoisotopic (exact) mass is 258 g/mol. The summed E-state index contributed by atoms with van der Waals surface area (Å²) in [5, 5.41) is 2.78. The third-order valence-corrected chi connectivity index (χ3v) is 3.03. The van der Waals surface area contributed by atoms with Gasteiger partial charge < -0.3 is 14.8 Å². The molecule has 1 amide bonds. The average molecular weight is 258 g/mol. The van der Waals surface area contributed by atoms with Gasteiger partial charge in [-0.2, -0.15) is 0 Å². The Morgan fingerprint density at radius 2 is 2.06 bits per heavy atom. The highest BCUT2D eigenvalue weighted by Gasteiger charge is 2.10. The molecule has 0 aliphatic carbocycles. The molecular weight excluding hydrogens is 232 g/mol. The maximum atomic E-state index is 11.3. The molecule has 0 bridgehead atoms. The number of carbonyl (C=O) groups is 1. The van der Waals surface area contributed by atoms with Crippen LogP contribution in [0.1, 0.15) is 32.6 Å². The number of hydrogen-bond acceptors (Lipinski definition) is 4. The molecule has 0 unspecified atom stereocenters. The summed E-state index contributed by atoms with van der Waals surface area (Å²) in [5.41, 5.74) is 0. The van der Waals surface area contributed by atoms with Crippen molar-refractivity contribution in [2.24, 2.45) is 0 Å². The minimum Gasteiger partial charge on any atom is -0.450 e. The molecule has 0 radical (unpaired) electrons. The van der Waals surface area contributed by atoms with E-state index in [1.54, 1.807) is 0 Å². The van der Waals surface area contributed by atoms with Gasteiger partial charge in [-0.15, -0.1) is 0 Å². The quantitative estimate of drug-likeness (QED) is 0.672. The maximum Gasteiger partial charge on any atom is 0.407 e.